The van der Waals surface area contributed by atoms with E-state index < -0.39 is 0 Å². The molecule has 2 aromatic rings. The van der Waals surface area contributed by atoms with Gasteiger partial charge < -0.3 is 10.8 Å². The third-order valence-corrected chi connectivity index (χ3v) is 2.03. The number of hydrogen-bond donors (Lipinski definition) is 2. The van der Waals surface area contributed by atoms with Crippen LogP contribution in [0.15, 0.2) is 24.7 Å². The molecule has 2 aromatic heterocycles. The molecule has 0 bridgehead atoms. The monoisotopic (exact) mass is 192 g/mol. The van der Waals surface area contributed by atoms with E-state index in [0.29, 0.717) is 6.42 Å². The summed E-state index contributed by atoms with van der Waals surface area (Å²) in [6.45, 7) is -0.0167. The van der Waals surface area contributed by atoms with Gasteiger partial charge in [0.2, 0.25) is 0 Å². The summed E-state index contributed by atoms with van der Waals surface area (Å²) < 4.78 is 1.69. The number of rotatable bonds is 3. The molecule has 0 aliphatic heterocycles. The lowest BCUT2D eigenvalue weighted by atomic mass is 10.1. The molecule has 14 heavy (non-hydrogen) atoms. The van der Waals surface area contributed by atoms with Crippen molar-refractivity contribution in [1.82, 2.24) is 14.6 Å². The second-order valence-electron chi connectivity index (χ2n) is 3.24. The summed E-state index contributed by atoms with van der Waals surface area (Å²) in [6.07, 6.45) is 5.93. The van der Waals surface area contributed by atoms with E-state index in [-0.39, 0.29) is 12.6 Å². The highest BCUT2D eigenvalue weighted by Gasteiger charge is 2.03. The Morgan fingerprint density at radius 1 is 1.57 bits per heavy atom. The fourth-order valence-corrected chi connectivity index (χ4v) is 1.32. The van der Waals surface area contributed by atoms with Gasteiger partial charge in [0.05, 0.1) is 12.8 Å². The summed E-state index contributed by atoms with van der Waals surface area (Å²) in [7, 11) is 0. The Labute approximate surface area is 81.2 Å². The topological polar surface area (TPSA) is 76.4 Å². The van der Waals surface area contributed by atoms with Crippen molar-refractivity contribution in [3.8, 4) is 0 Å². The van der Waals surface area contributed by atoms with Crippen molar-refractivity contribution in [3.05, 3.63) is 30.2 Å². The van der Waals surface area contributed by atoms with E-state index in [1.807, 2.05) is 12.3 Å². The number of aromatic nitrogens is 3. The maximum absolute atomic E-state index is 8.80. The lowest BCUT2D eigenvalue weighted by Crippen LogP contribution is -2.27. The minimum atomic E-state index is -0.232. The van der Waals surface area contributed by atoms with E-state index in [9.17, 15) is 0 Å². The van der Waals surface area contributed by atoms with Gasteiger partial charge in [0.15, 0.2) is 5.65 Å². The van der Waals surface area contributed by atoms with Gasteiger partial charge in [0, 0.05) is 24.5 Å². The van der Waals surface area contributed by atoms with E-state index in [2.05, 4.69) is 10.1 Å². The molecular formula is C9H12N4O. The molecule has 0 saturated carbocycles. The summed E-state index contributed by atoms with van der Waals surface area (Å²) >= 11 is 0. The van der Waals surface area contributed by atoms with Crippen LogP contribution in [-0.2, 0) is 6.42 Å². The van der Waals surface area contributed by atoms with E-state index in [1.165, 1.54) is 0 Å². The number of aliphatic hydroxyl groups is 1. The highest BCUT2D eigenvalue weighted by atomic mass is 16.3. The van der Waals surface area contributed by atoms with Crippen LogP contribution in [0.2, 0.25) is 0 Å². The molecule has 0 spiro atoms. The molecule has 3 N–H and O–H groups in total. The van der Waals surface area contributed by atoms with Crippen LogP contribution in [0.3, 0.4) is 0 Å². The Balaban J connectivity index is 2.25. The van der Waals surface area contributed by atoms with Gasteiger partial charge in [-0.15, -0.1) is 0 Å². The van der Waals surface area contributed by atoms with Gasteiger partial charge in [-0.2, -0.15) is 5.10 Å². The second kappa shape index (κ2) is 3.73. The summed E-state index contributed by atoms with van der Waals surface area (Å²) in [5, 5.41) is 12.9. The molecule has 1 unspecified atom stereocenters. The zero-order valence-corrected chi connectivity index (χ0v) is 7.67. The van der Waals surface area contributed by atoms with Crippen molar-refractivity contribution >= 4 is 5.65 Å². The van der Waals surface area contributed by atoms with E-state index in [0.717, 1.165) is 11.2 Å². The van der Waals surface area contributed by atoms with Gasteiger partial charge in [0.25, 0.3) is 0 Å². The van der Waals surface area contributed by atoms with Gasteiger partial charge in [-0.05, 0) is 12.0 Å². The Hall–Kier alpha value is -1.46. The van der Waals surface area contributed by atoms with Crippen LogP contribution in [-0.4, -0.2) is 32.4 Å². The van der Waals surface area contributed by atoms with E-state index >= 15 is 0 Å². The molecule has 74 valence electrons. The predicted octanol–water partition coefficient (Wildman–Crippen LogP) is -0.409. The van der Waals surface area contributed by atoms with Gasteiger partial charge in [-0.25, -0.2) is 9.50 Å². The number of nitrogens with zero attached hydrogens (tertiary/aromatic N) is 3. The zero-order chi connectivity index (χ0) is 9.97. The van der Waals surface area contributed by atoms with Crippen LogP contribution in [0.25, 0.3) is 5.65 Å². The fourth-order valence-electron chi connectivity index (χ4n) is 1.32. The molecule has 0 aliphatic carbocycles. The van der Waals surface area contributed by atoms with Gasteiger partial charge >= 0.3 is 0 Å². The first-order chi connectivity index (χ1) is 6.79. The van der Waals surface area contributed by atoms with Crippen molar-refractivity contribution in [2.24, 2.45) is 5.73 Å². The molecule has 2 heterocycles. The minimum Gasteiger partial charge on any atom is -0.395 e. The smallest absolute Gasteiger partial charge is 0.154 e. The predicted molar refractivity (Wildman–Crippen MR) is 51.8 cm³/mol. The van der Waals surface area contributed by atoms with E-state index in [4.69, 9.17) is 10.8 Å². The van der Waals surface area contributed by atoms with Crippen LogP contribution in [0, 0.1) is 0 Å². The van der Waals surface area contributed by atoms with Crippen molar-refractivity contribution in [2.75, 3.05) is 6.61 Å². The first-order valence-corrected chi connectivity index (χ1v) is 4.44. The summed E-state index contributed by atoms with van der Waals surface area (Å²) in [5.74, 6) is 0. The largest absolute Gasteiger partial charge is 0.395 e. The van der Waals surface area contributed by atoms with Crippen LogP contribution in [0.4, 0.5) is 0 Å². The van der Waals surface area contributed by atoms with Gasteiger partial charge in [-0.1, -0.05) is 0 Å². The van der Waals surface area contributed by atoms with E-state index in [1.54, 1.807) is 16.9 Å². The Kier molecular flexibility index (Phi) is 2.43. The fraction of sp³-hybridized carbons (Fsp3) is 0.333. The summed E-state index contributed by atoms with van der Waals surface area (Å²) in [4.78, 5) is 4.19. The Bertz CT molecular complexity index is 425. The first kappa shape index (κ1) is 9.11. The van der Waals surface area contributed by atoms with Crippen molar-refractivity contribution in [3.63, 3.8) is 0 Å². The third-order valence-electron chi connectivity index (χ3n) is 2.03. The SMILES string of the molecule is NC(CO)Cc1cnc2ccnn2c1. The molecule has 5 heteroatoms. The lowest BCUT2D eigenvalue weighted by molar-refractivity contribution is 0.265. The molecule has 2 rings (SSSR count). The maximum atomic E-state index is 8.80. The van der Waals surface area contributed by atoms with Gasteiger partial charge in [0.1, 0.15) is 0 Å². The first-order valence-electron chi connectivity index (χ1n) is 4.44. The molecule has 0 saturated heterocycles. The van der Waals surface area contributed by atoms with Crippen LogP contribution in [0.1, 0.15) is 5.56 Å². The Morgan fingerprint density at radius 2 is 2.43 bits per heavy atom. The molecule has 0 radical (unpaired) electrons. The quantitative estimate of drug-likeness (QED) is 0.693. The van der Waals surface area contributed by atoms with Crippen molar-refractivity contribution < 1.29 is 5.11 Å². The van der Waals surface area contributed by atoms with Crippen LogP contribution < -0.4 is 5.73 Å². The average Bonchev–Trinajstić information content (AvgIpc) is 2.64. The molecule has 5 nitrogen and oxygen atoms in total. The molecule has 0 aliphatic rings. The molecular weight excluding hydrogens is 180 g/mol. The lowest BCUT2D eigenvalue weighted by Gasteiger charge is -2.07. The normalized spacial score (nSPS) is 13.3. The van der Waals surface area contributed by atoms with Crippen LogP contribution in [0.5, 0.6) is 0 Å². The zero-order valence-electron chi connectivity index (χ0n) is 7.67. The number of fused-ring (bicyclic) bond motifs is 1. The molecule has 0 aromatic carbocycles. The van der Waals surface area contributed by atoms with Gasteiger partial charge in [-0.3, -0.25) is 0 Å². The third kappa shape index (κ3) is 1.73. The summed E-state index contributed by atoms with van der Waals surface area (Å²) in [5.41, 5.74) is 7.40. The van der Waals surface area contributed by atoms with Crippen LogP contribution >= 0.6 is 0 Å². The average molecular weight is 192 g/mol. The number of nitrogens with two attached hydrogens (primary N) is 1. The van der Waals surface area contributed by atoms with Crippen molar-refractivity contribution in [1.29, 1.82) is 0 Å². The minimum absolute atomic E-state index is 0.0167. The second-order valence-corrected chi connectivity index (χ2v) is 3.24. The highest BCUT2D eigenvalue weighted by molar-refractivity contribution is 5.35. The van der Waals surface area contributed by atoms with Crippen molar-refractivity contribution in [2.45, 2.75) is 12.5 Å². The molecule has 0 amide bonds. The molecule has 0 fully saturated rings. The molecule has 1 atom stereocenters. The Morgan fingerprint density at radius 3 is 3.21 bits per heavy atom. The number of hydrogen-bond acceptors (Lipinski definition) is 4. The highest BCUT2D eigenvalue weighted by Crippen LogP contribution is 2.03. The standard InChI is InChI=1S/C9H12N4O/c10-8(6-14)3-7-4-11-9-1-2-12-13(9)5-7/h1-2,4-5,8,14H,3,6,10H2. The number of aliphatic hydroxyl groups excluding tert-OH is 1. The summed E-state index contributed by atoms with van der Waals surface area (Å²) in [6, 6.07) is 1.60. The maximum Gasteiger partial charge on any atom is 0.154 e.